The Hall–Kier alpha value is 0.420. The third-order valence-corrected chi connectivity index (χ3v) is 5.97. The van der Waals surface area contributed by atoms with E-state index in [0.717, 1.165) is 0 Å². The van der Waals surface area contributed by atoms with Crippen molar-refractivity contribution >= 4 is 81.5 Å². The first-order valence-corrected chi connectivity index (χ1v) is 9.63. The molecule has 0 aromatic carbocycles. The number of rotatable bonds is 7. The molecule has 0 aliphatic heterocycles. The van der Waals surface area contributed by atoms with Crippen molar-refractivity contribution in [3.63, 3.8) is 0 Å². The van der Waals surface area contributed by atoms with Gasteiger partial charge < -0.3 is 9.64 Å². The highest BCUT2D eigenvalue weighted by Crippen LogP contribution is 2.38. The van der Waals surface area contributed by atoms with Gasteiger partial charge in [0.15, 0.2) is 7.59 Å². The van der Waals surface area contributed by atoms with Crippen molar-refractivity contribution in [2.75, 3.05) is 14.2 Å². The van der Waals surface area contributed by atoms with Crippen LogP contribution in [0.5, 0.6) is 0 Å². The minimum atomic E-state index is -1.56. The number of likely N-dealkylation sites (N-methyl/N-ethyl adjacent to an activating group) is 1. The van der Waals surface area contributed by atoms with Gasteiger partial charge in [0, 0.05) is 18.9 Å². The van der Waals surface area contributed by atoms with Crippen molar-refractivity contribution in [3.8, 4) is 0 Å². The van der Waals surface area contributed by atoms with Gasteiger partial charge in [-0.05, 0) is 18.9 Å². The van der Waals surface area contributed by atoms with Crippen LogP contribution in [0.4, 0.5) is 0 Å². The van der Waals surface area contributed by atoms with Crippen LogP contribution in [0.15, 0.2) is 12.2 Å². The van der Waals surface area contributed by atoms with E-state index >= 15 is 0 Å². The fourth-order valence-electron chi connectivity index (χ4n) is 1.79. The SMILES string of the molecule is COC(=O)C(C[C@H](C)C(Cl)(Cl)Cl)N(C)C(=O)/C=C/CC(C)C(Cl)(Cl)Cl. The summed E-state index contributed by atoms with van der Waals surface area (Å²) < 4.78 is 1.76. The van der Waals surface area contributed by atoms with E-state index in [1.807, 2.05) is 0 Å². The number of hydrogen-bond donors (Lipinski definition) is 0. The van der Waals surface area contributed by atoms with Gasteiger partial charge in [0.1, 0.15) is 6.04 Å². The fourth-order valence-corrected chi connectivity index (χ4v) is 2.33. The normalized spacial score (nSPS) is 16.4. The van der Waals surface area contributed by atoms with Crippen LogP contribution in [0.1, 0.15) is 26.7 Å². The highest BCUT2D eigenvalue weighted by Gasteiger charge is 2.36. The van der Waals surface area contributed by atoms with E-state index in [1.165, 1.54) is 25.1 Å². The van der Waals surface area contributed by atoms with Gasteiger partial charge in [-0.25, -0.2) is 4.79 Å². The second kappa shape index (κ2) is 10.7. The van der Waals surface area contributed by atoms with Crippen LogP contribution in [0.2, 0.25) is 0 Å². The van der Waals surface area contributed by atoms with Gasteiger partial charge in [0.05, 0.1) is 7.11 Å². The van der Waals surface area contributed by atoms with Crippen LogP contribution in [0.3, 0.4) is 0 Å². The third kappa shape index (κ3) is 9.25. The lowest BCUT2D eigenvalue weighted by Gasteiger charge is -2.29. The Balaban J connectivity index is 5.04. The number of amides is 1. The van der Waals surface area contributed by atoms with Gasteiger partial charge in [0.25, 0.3) is 0 Å². The Kier molecular flexibility index (Phi) is 10.9. The highest BCUT2D eigenvalue weighted by atomic mass is 35.6. The molecule has 0 saturated heterocycles. The number of ether oxygens (including phenoxy) is 1. The van der Waals surface area contributed by atoms with E-state index in [9.17, 15) is 9.59 Å². The molecule has 0 bridgehead atoms. The van der Waals surface area contributed by atoms with E-state index in [4.69, 9.17) is 74.3 Å². The number of allylic oxidation sites excluding steroid dienone is 1. The second-order valence-electron chi connectivity index (χ2n) is 5.75. The Labute approximate surface area is 178 Å². The van der Waals surface area contributed by atoms with E-state index < -0.39 is 31.4 Å². The number of hydrogen-bond acceptors (Lipinski definition) is 3. The molecule has 0 aromatic heterocycles. The van der Waals surface area contributed by atoms with Crippen molar-refractivity contribution in [2.24, 2.45) is 11.8 Å². The standard InChI is InChI=1S/C15H21Cl6NO3/c1-9(14(16,17)18)6-5-7-12(23)22(3)11(13(24)25-4)8-10(2)15(19,20)21/h5,7,9-11H,6,8H2,1-4H3/b7-5+/t9?,10-,11?/m0/s1. The van der Waals surface area contributed by atoms with Crippen LogP contribution >= 0.6 is 69.6 Å². The summed E-state index contributed by atoms with van der Waals surface area (Å²) in [6.07, 6.45) is 3.40. The molecule has 3 atom stereocenters. The first-order valence-electron chi connectivity index (χ1n) is 7.36. The summed E-state index contributed by atoms with van der Waals surface area (Å²) in [6, 6.07) is -0.890. The number of methoxy groups -OCH3 is 1. The first-order chi connectivity index (χ1) is 11.2. The Bertz CT molecular complexity index is 487. The zero-order valence-electron chi connectivity index (χ0n) is 14.2. The van der Waals surface area contributed by atoms with Crippen molar-refractivity contribution < 1.29 is 14.3 Å². The molecule has 10 heteroatoms. The summed E-state index contributed by atoms with van der Waals surface area (Å²) in [6.45, 7) is 3.41. The summed E-state index contributed by atoms with van der Waals surface area (Å²) in [5.41, 5.74) is 0. The molecule has 146 valence electrons. The number of esters is 1. The first kappa shape index (κ1) is 25.4. The summed E-state index contributed by atoms with van der Waals surface area (Å²) in [5.74, 6) is -1.78. The number of alkyl halides is 6. The number of nitrogens with zero attached hydrogens (tertiary/aromatic N) is 1. The van der Waals surface area contributed by atoms with Gasteiger partial charge >= 0.3 is 5.97 Å². The monoisotopic (exact) mass is 473 g/mol. The predicted molar refractivity (Wildman–Crippen MR) is 106 cm³/mol. The van der Waals surface area contributed by atoms with Crippen LogP contribution in [0.25, 0.3) is 0 Å². The molecule has 25 heavy (non-hydrogen) atoms. The van der Waals surface area contributed by atoms with Crippen molar-refractivity contribution in [2.45, 2.75) is 40.3 Å². The van der Waals surface area contributed by atoms with E-state index in [1.54, 1.807) is 19.9 Å². The lowest BCUT2D eigenvalue weighted by atomic mass is 10.0. The molecule has 0 saturated carbocycles. The van der Waals surface area contributed by atoms with Gasteiger partial charge in [0.2, 0.25) is 5.91 Å². The van der Waals surface area contributed by atoms with Crippen molar-refractivity contribution in [1.29, 1.82) is 0 Å². The third-order valence-electron chi connectivity index (χ3n) is 3.73. The van der Waals surface area contributed by atoms with E-state index in [0.29, 0.717) is 6.42 Å². The van der Waals surface area contributed by atoms with Gasteiger partial charge in [-0.15, -0.1) is 0 Å². The largest absolute Gasteiger partial charge is 0.467 e. The second-order valence-corrected chi connectivity index (χ2v) is 10.5. The summed E-state index contributed by atoms with van der Waals surface area (Å²) in [4.78, 5) is 25.5. The fraction of sp³-hybridized carbons (Fsp3) is 0.733. The van der Waals surface area contributed by atoms with Crippen LogP contribution < -0.4 is 0 Å². The van der Waals surface area contributed by atoms with Crippen LogP contribution in [-0.4, -0.2) is 44.6 Å². The lowest BCUT2D eigenvalue weighted by molar-refractivity contribution is -0.151. The number of halogens is 6. The smallest absolute Gasteiger partial charge is 0.328 e. The molecule has 0 fully saturated rings. The number of carbonyl (C=O) groups is 2. The molecule has 1 amide bonds. The number of carbonyl (C=O) groups excluding carboxylic acids is 2. The minimum Gasteiger partial charge on any atom is -0.467 e. The van der Waals surface area contributed by atoms with Gasteiger partial charge in [-0.1, -0.05) is 89.5 Å². The van der Waals surface area contributed by atoms with Gasteiger partial charge in [-0.2, -0.15) is 0 Å². The zero-order chi connectivity index (χ0) is 20.0. The Morgan fingerprint density at radius 1 is 1.04 bits per heavy atom. The lowest BCUT2D eigenvalue weighted by Crippen LogP contribution is -2.44. The minimum absolute atomic E-state index is 0.129. The molecule has 2 unspecified atom stereocenters. The quantitative estimate of drug-likeness (QED) is 0.284. The summed E-state index contributed by atoms with van der Waals surface area (Å²) in [7, 11) is 2.70. The average Bonchev–Trinajstić information content (AvgIpc) is 2.48. The topological polar surface area (TPSA) is 46.6 Å². The highest BCUT2D eigenvalue weighted by molar-refractivity contribution is 6.68. The van der Waals surface area contributed by atoms with Crippen molar-refractivity contribution in [1.82, 2.24) is 4.90 Å². The maximum Gasteiger partial charge on any atom is 0.328 e. The molecule has 0 aliphatic carbocycles. The summed E-state index contributed by atoms with van der Waals surface area (Å²) in [5, 5.41) is 0. The summed E-state index contributed by atoms with van der Waals surface area (Å²) >= 11 is 34.9. The molecule has 4 nitrogen and oxygen atoms in total. The van der Waals surface area contributed by atoms with E-state index in [2.05, 4.69) is 0 Å². The molecule has 0 aliphatic rings. The van der Waals surface area contributed by atoms with Crippen LogP contribution in [-0.2, 0) is 14.3 Å². The van der Waals surface area contributed by atoms with Crippen LogP contribution in [0, 0.1) is 11.8 Å². The zero-order valence-corrected chi connectivity index (χ0v) is 18.8. The molecule has 0 rings (SSSR count). The van der Waals surface area contributed by atoms with Crippen molar-refractivity contribution in [3.05, 3.63) is 12.2 Å². The molecular formula is C15H21Cl6NO3. The van der Waals surface area contributed by atoms with E-state index in [-0.39, 0.29) is 12.3 Å². The predicted octanol–water partition coefficient (Wildman–Crippen LogP) is 5.34. The maximum absolute atomic E-state index is 12.3. The Morgan fingerprint density at radius 2 is 1.52 bits per heavy atom. The molecule has 0 spiro atoms. The molecule has 0 radical (unpaired) electrons. The maximum atomic E-state index is 12.3. The average molecular weight is 476 g/mol. The molecule has 0 N–H and O–H groups in total. The molecule has 0 aromatic rings. The van der Waals surface area contributed by atoms with Gasteiger partial charge in [-0.3, -0.25) is 4.79 Å². The Morgan fingerprint density at radius 3 is 1.92 bits per heavy atom. The molecular weight excluding hydrogens is 455 g/mol. The molecule has 0 heterocycles.